The second-order valence-electron chi connectivity index (χ2n) is 4.11. The molecular formula is C14H17NO2S. The number of hydrogen-bond acceptors (Lipinski definition) is 4. The third kappa shape index (κ3) is 3.63. The van der Waals surface area contributed by atoms with Crippen LogP contribution in [0.3, 0.4) is 0 Å². The van der Waals surface area contributed by atoms with E-state index in [1.54, 1.807) is 18.4 Å². The van der Waals surface area contributed by atoms with E-state index in [9.17, 15) is 5.11 Å². The quantitative estimate of drug-likeness (QED) is 0.871. The lowest BCUT2D eigenvalue weighted by Crippen LogP contribution is -2.02. The number of hydrogen-bond donors (Lipinski definition) is 1. The number of ether oxygens (including phenoxy) is 1. The number of methoxy groups -OCH3 is 1. The van der Waals surface area contributed by atoms with Gasteiger partial charge in [0, 0.05) is 25.3 Å². The van der Waals surface area contributed by atoms with E-state index in [4.69, 9.17) is 4.74 Å². The summed E-state index contributed by atoms with van der Waals surface area (Å²) in [5.74, 6) is 0. The molecule has 2 aromatic rings. The Morgan fingerprint density at radius 1 is 1.33 bits per heavy atom. The van der Waals surface area contributed by atoms with Crippen molar-refractivity contribution in [3.63, 3.8) is 0 Å². The summed E-state index contributed by atoms with van der Waals surface area (Å²) < 4.78 is 5.02. The van der Waals surface area contributed by atoms with Crippen LogP contribution in [0.1, 0.15) is 22.4 Å². The predicted octanol–water partition coefficient (Wildman–Crippen LogP) is 2.61. The van der Waals surface area contributed by atoms with Gasteiger partial charge in [-0.1, -0.05) is 30.3 Å². The molecular weight excluding hydrogens is 246 g/mol. The van der Waals surface area contributed by atoms with Crippen molar-refractivity contribution < 1.29 is 9.84 Å². The molecule has 0 saturated heterocycles. The summed E-state index contributed by atoms with van der Waals surface area (Å²) in [4.78, 5) is 4.49. The van der Waals surface area contributed by atoms with Gasteiger partial charge in [-0.3, -0.25) is 0 Å². The summed E-state index contributed by atoms with van der Waals surface area (Å²) in [5.41, 5.74) is 1.88. The Morgan fingerprint density at radius 2 is 2.11 bits per heavy atom. The van der Waals surface area contributed by atoms with Gasteiger partial charge >= 0.3 is 0 Å². The van der Waals surface area contributed by atoms with Crippen LogP contribution in [-0.4, -0.2) is 23.8 Å². The fourth-order valence-corrected chi connectivity index (χ4v) is 2.53. The molecule has 0 aliphatic heterocycles. The minimum Gasteiger partial charge on any atom is -0.388 e. The molecule has 96 valence electrons. The van der Waals surface area contributed by atoms with Gasteiger partial charge in [0.25, 0.3) is 0 Å². The highest BCUT2D eigenvalue weighted by Crippen LogP contribution is 2.19. The number of aliphatic hydroxyl groups excluding tert-OH is 1. The molecule has 1 unspecified atom stereocenters. The average molecular weight is 263 g/mol. The molecule has 0 aliphatic rings. The highest BCUT2D eigenvalue weighted by molar-refractivity contribution is 7.09. The molecule has 4 heteroatoms. The van der Waals surface area contributed by atoms with Gasteiger partial charge in [-0.15, -0.1) is 11.3 Å². The van der Waals surface area contributed by atoms with E-state index in [0.717, 1.165) is 22.7 Å². The third-order valence-electron chi connectivity index (χ3n) is 2.71. The molecule has 0 saturated carbocycles. The van der Waals surface area contributed by atoms with E-state index in [-0.39, 0.29) is 0 Å². The van der Waals surface area contributed by atoms with Crippen molar-refractivity contribution in [3.05, 3.63) is 52.0 Å². The van der Waals surface area contributed by atoms with Crippen LogP contribution >= 0.6 is 11.3 Å². The highest BCUT2D eigenvalue weighted by atomic mass is 32.1. The van der Waals surface area contributed by atoms with Crippen LogP contribution in [0, 0.1) is 0 Å². The zero-order valence-electron chi connectivity index (χ0n) is 10.4. The summed E-state index contributed by atoms with van der Waals surface area (Å²) in [5, 5.41) is 13.2. The van der Waals surface area contributed by atoms with Crippen molar-refractivity contribution in [3.8, 4) is 0 Å². The monoisotopic (exact) mass is 263 g/mol. The predicted molar refractivity (Wildman–Crippen MR) is 72.8 cm³/mol. The van der Waals surface area contributed by atoms with Gasteiger partial charge < -0.3 is 9.84 Å². The van der Waals surface area contributed by atoms with Crippen molar-refractivity contribution in [2.24, 2.45) is 0 Å². The largest absolute Gasteiger partial charge is 0.388 e. The third-order valence-corrected chi connectivity index (χ3v) is 3.66. The van der Waals surface area contributed by atoms with Crippen LogP contribution in [0.4, 0.5) is 0 Å². The van der Waals surface area contributed by atoms with Crippen molar-refractivity contribution in [1.82, 2.24) is 4.98 Å². The number of nitrogens with zero attached hydrogens (tertiary/aromatic N) is 1. The minimum atomic E-state index is -0.483. The van der Waals surface area contributed by atoms with Gasteiger partial charge in [0.15, 0.2) is 0 Å². The van der Waals surface area contributed by atoms with Crippen molar-refractivity contribution in [1.29, 1.82) is 0 Å². The van der Waals surface area contributed by atoms with Crippen LogP contribution in [0.25, 0.3) is 0 Å². The second-order valence-corrected chi connectivity index (χ2v) is 5.05. The van der Waals surface area contributed by atoms with Crippen LogP contribution in [0.15, 0.2) is 35.7 Å². The Hall–Kier alpha value is -1.23. The fourth-order valence-electron chi connectivity index (χ4n) is 1.74. The minimum absolute atomic E-state index is 0.483. The molecule has 1 N–H and O–H groups in total. The van der Waals surface area contributed by atoms with Gasteiger partial charge in [0.1, 0.15) is 0 Å². The van der Waals surface area contributed by atoms with Crippen LogP contribution in [-0.2, 0) is 17.6 Å². The maximum Gasteiger partial charge on any atom is 0.0951 e. The van der Waals surface area contributed by atoms with Gasteiger partial charge in [0.2, 0.25) is 0 Å². The Morgan fingerprint density at radius 3 is 2.83 bits per heavy atom. The first-order valence-corrected chi connectivity index (χ1v) is 6.83. The second kappa shape index (κ2) is 6.64. The molecule has 0 amide bonds. The maximum atomic E-state index is 10.1. The van der Waals surface area contributed by atoms with Gasteiger partial charge in [0.05, 0.1) is 23.4 Å². The lowest BCUT2D eigenvalue weighted by atomic mass is 10.1. The molecule has 0 aliphatic carbocycles. The lowest BCUT2D eigenvalue weighted by molar-refractivity contribution is 0.177. The number of benzene rings is 1. The summed E-state index contributed by atoms with van der Waals surface area (Å²) >= 11 is 1.62. The summed E-state index contributed by atoms with van der Waals surface area (Å²) in [6, 6.07) is 9.68. The zero-order valence-corrected chi connectivity index (χ0v) is 11.2. The summed E-state index contributed by atoms with van der Waals surface area (Å²) in [6.45, 7) is 0.689. The van der Waals surface area contributed by atoms with Crippen LogP contribution < -0.4 is 0 Å². The first kappa shape index (κ1) is 13.2. The highest BCUT2D eigenvalue weighted by Gasteiger charge is 2.10. The van der Waals surface area contributed by atoms with E-state index in [1.165, 1.54) is 0 Å². The van der Waals surface area contributed by atoms with E-state index in [2.05, 4.69) is 4.98 Å². The Bertz CT molecular complexity index is 470. The molecule has 3 nitrogen and oxygen atoms in total. The molecule has 0 bridgehead atoms. The molecule has 1 aromatic carbocycles. The maximum absolute atomic E-state index is 10.1. The van der Waals surface area contributed by atoms with Gasteiger partial charge in [-0.05, 0) is 5.56 Å². The van der Waals surface area contributed by atoms with Crippen LogP contribution in [0.2, 0.25) is 0 Å². The first-order valence-electron chi connectivity index (χ1n) is 5.95. The molecule has 1 heterocycles. The van der Waals surface area contributed by atoms with Gasteiger partial charge in [-0.25, -0.2) is 4.98 Å². The molecule has 0 spiro atoms. The molecule has 1 atom stereocenters. The fraction of sp³-hybridized carbons (Fsp3) is 0.357. The lowest BCUT2D eigenvalue weighted by Gasteiger charge is -2.08. The van der Waals surface area contributed by atoms with Gasteiger partial charge in [-0.2, -0.15) is 0 Å². The van der Waals surface area contributed by atoms with E-state index in [1.807, 2.05) is 35.7 Å². The summed E-state index contributed by atoms with van der Waals surface area (Å²) in [6.07, 6.45) is 0.916. The first-order chi connectivity index (χ1) is 8.79. The molecule has 18 heavy (non-hydrogen) atoms. The molecule has 0 fully saturated rings. The molecule has 1 aromatic heterocycles. The van der Waals surface area contributed by atoms with E-state index < -0.39 is 6.10 Å². The Labute approximate surface area is 111 Å². The number of aromatic nitrogens is 1. The smallest absolute Gasteiger partial charge is 0.0951 e. The van der Waals surface area contributed by atoms with Crippen molar-refractivity contribution in [2.45, 2.75) is 18.9 Å². The SMILES string of the molecule is COCCc1nc(CC(O)c2ccccc2)cs1. The number of thiazole rings is 1. The standard InChI is InChI=1S/C14H17NO2S/c1-17-8-7-14-15-12(10-18-14)9-13(16)11-5-3-2-4-6-11/h2-6,10,13,16H,7-9H2,1H3. The van der Waals surface area contributed by atoms with E-state index >= 15 is 0 Å². The van der Waals surface area contributed by atoms with E-state index in [0.29, 0.717) is 13.0 Å². The topological polar surface area (TPSA) is 42.4 Å². The van der Waals surface area contributed by atoms with Crippen LogP contribution in [0.5, 0.6) is 0 Å². The Kier molecular flexibility index (Phi) is 4.87. The van der Waals surface area contributed by atoms with Crippen molar-refractivity contribution >= 4 is 11.3 Å². The van der Waals surface area contributed by atoms with Crippen molar-refractivity contribution in [2.75, 3.05) is 13.7 Å². The average Bonchev–Trinajstić information content (AvgIpc) is 2.85. The number of aliphatic hydroxyl groups is 1. The Balaban J connectivity index is 1.95. The zero-order chi connectivity index (χ0) is 12.8. The summed E-state index contributed by atoms with van der Waals surface area (Å²) in [7, 11) is 1.69. The number of rotatable bonds is 6. The molecule has 0 radical (unpaired) electrons. The normalized spacial score (nSPS) is 12.6. The molecule has 2 rings (SSSR count).